The summed E-state index contributed by atoms with van der Waals surface area (Å²) >= 11 is 6.01. The van der Waals surface area contributed by atoms with Crippen LogP contribution in [0.2, 0.25) is 5.02 Å². The summed E-state index contributed by atoms with van der Waals surface area (Å²) in [6, 6.07) is 9.97. The first-order valence-corrected chi connectivity index (χ1v) is 11.3. The molecule has 158 valence electrons. The third-order valence-corrected chi connectivity index (χ3v) is 7.40. The maximum absolute atomic E-state index is 13.1. The summed E-state index contributed by atoms with van der Waals surface area (Å²) in [6.45, 7) is 0.371. The minimum absolute atomic E-state index is 0.0113. The highest BCUT2D eigenvalue weighted by molar-refractivity contribution is 7.89. The average Bonchev–Trinajstić information content (AvgIpc) is 3.03. The van der Waals surface area contributed by atoms with E-state index in [4.69, 9.17) is 11.6 Å². The van der Waals surface area contributed by atoms with Crippen LogP contribution < -0.4 is 5.32 Å². The number of imidazole rings is 1. The van der Waals surface area contributed by atoms with Gasteiger partial charge in [-0.15, -0.1) is 0 Å². The molecule has 1 unspecified atom stereocenters. The Hall–Kier alpha value is -2.49. The van der Waals surface area contributed by atoms with E-state index in [1.54, 1.807) is 23.7 Å². The fourth-order valence-corrected chi connectivity index (χ4v) is 5.32. The van der Waals surface area contributed by atoms with Crippen molar-refractivity contribution in [2.24, 2.45) is 13.0 Å². The Bertz CT molecular complexity index is 1210. The summed E-state index contributed by atoms with van der Waals surface area (Å²) < 4.78 is 41.9. The Labute approximate surface area is 178 Å². The monoisotopic (exact) mass is 450 g/mol. The number of benzene rings is 2. The van der Waals surface area contributed by atoms with Crippen LogP contribution in [-0.2, 0) is 21.9 Å². The largest absolute Gasteiger partial charge is 0.313 e. The standard InChI is InChI=1S/C20H20ClFN4O3S/c1-25-18-9-4-14(21)11-17(18)23-20(25)24-19(27)13-3-2-10-26(12-13)30(28,29)16-7-5-15(22)6-8-16/h4-9,11,13H,2-3,10,12H2,1H3,(H,23,24,27). The van der Waals surface area contributed by atoms with E-state index >= 15 is 0 Å². The van der Waals surface area contributed by atoms with Gasteiger partial charge < -0.3 is 4.57 Å². The van der Waals surface area contributed by atoms with Gasteiger partial charge in [-0.1, -0.05) is 11.6 Å². The fourth-order valence-electron chi connectivity index (χ4n) is 3.63. The van der Waals surface area contributed by atoms with Crippen molar-refractivity contribution in [1.82, 2.24) is 13.9 Å². The van der Waals surface area contributed by atoms with Crippen molar-refractivity contribution in [3.05, 3.63) is 53.3 Å². The Balaban J connectivity index is 1.51. The van der Waals surface area contributed by atoms with Crippen LogP contribution in [0.5, 0.6) is 0 Å². The van der Waals surface area contributed by atoms with Crippen LogP contribution in [0.4, 0.5) is 10.3 Å². The maximum Gasteiger partial charge on any atom is 0.243 e. The molecule has 0 spiro atoms. The summed E-state index contributed by atoms with van der Waals surface area (Å²) in [5, 5.41) is 3.36. The highest BCUT2D eigenvalue weighted by atomic mass is 35.5. The predicted molar refractivity (Wildman–Crippen MR) is 112 cm³/mol. The van der Waals surface area contributed by atoms with Gasteiger partial charge in [-0.25, -0.2) is 17.8 Å². The first kappa shape index (κ1) is 20.8. The zero-order valence-electron chi connectivity index (χ0n) is 16.2. The minimum atomic E-state index is -3.80. The molecule has 10 heteroatoms. The first-order chi connectivity index (χ1) is 14.3. The number of aromatic nitrogens is 2. The normalized spacial score (nSPS) is 17.9. The van der Waals surface area contributed by atoms with Crippen molar-refractivity contribution in [2.45, 2.75) is 17.7 Å². The van der Waals surface area contributed by atoms with Gasteiger partial charge in [-0.3, -0.25) is 10.1 Å². The van der Waals surface area contributed by atoms with Crippen molar-refractivity contribution in [3.63, 3.8) is 0 Å². The Morgan fingerprint density at radius 2 is 1.97 bits per heavy atom. The maximum atomic E-state index is 13.1. The molecule has 2 aromatic carbocycles. The number of nitrogens with zero attached hydrogens (tertiary/aromatic N) is 3. The second kappa shape index (κ2) is 7.98. The van der Waals surface area contributed by atoms with Crippen LogP contribution >= 0.6 is 11.6 Å². The molecular weight excluding hydrogens is 431 g/mol. The zero-order chi connectivity index (χ0) is 21.5. The lowest BCUT2D eigenvalue weighted by atomic mass is 9.99. The number of rotatable bonds is 4. The molecule has 1 aliphatic heterocycles. The van der Waals surface area contributed by atoms with Gasteiger partial charge in [-0.2, -0.15) is 4.31 Å². The van der Waals surface area contributed by atoms with Gasteiger partial charge in [0.15, 0.2) is 0 Å². The van der Waals surface area contributed by atoms with Crippen molar-refractivity contribution in [3.8, 4) is 0 Å². The third kappa shape index (κ3) is 3.92. The van der Waals surface area contributed by atoms with Crippen LogP contribution in [0.25, 0.3) is 11.0 Å². The van der Waals surface area contributed by atoms with E-state index in [-0.39, 0.29) is 17.3 Å². The van der Waals surface area contributed by atoms with E-state index in [1.807, 2.05) is 6.07 Å². The quantitative estimate of drug-likeness (QED) is 0.660. The van der Waals surface area contributed by atoms with E-state index in [2.05, 4.69) is 10.3 Å². The Kier molecular flexibility index (Phi) is 5.52. The summed E-state index contributed by atoms with van der Waals surface area (Å²) in [7, 11) is -2.02. The van der Waals surface area contributed by atoms with E-state index in [0.717, 1.165) is 17.6 Å². The highest BCUT2D eigenvalue weighted by Gasteiger charge is 2.33. The molecule has 30 heavy (non-hydrogen) atoms. The van der Waals surface area contributed by atoms with Gasteiger partial charge in [0.1, 0.15) is 5.82 Å². The number of fused-ring (bicyclic) bond motifs is 1. The molecule has 0 radical (unpaired) electrons. The average molecular weight is 451 g/mol. The molecule has 3 aromatic rings. The molecule has 1 N–H and O–H groups in total. The number of hydrogen-bond donors (Lipinski definition) is 1. The van der Waals surface area contributed by atoms with Gasteiger partial charge in [0, 0.05) is 25.2 Å². The van der Waals surface area contributed by atoms with E-state index in [0.29, 0.717) is 35.9 Å². The molecule has 1 aromatic heterocycles. The molecule has 0 bridgehead atoms. The number of anilines is 1. The van der Waals surface area contributed by atoms with Crippen molar-refractivity contribution < 1.29 is 17.6 Å². The number of amides is 1. The molecule has 2 heterocycles. The molecule has 4 rings (SSSR count). The van der Waals surface area contributed by atoms with E-state index < -0.39 is 21.8 Å². The van der Waals surface area contributed by atoms with Gasteiger partial charge >= 0.3 is 0 Å². The molecule has 7 nitrogen and oxygen atoms in total. The fraction of sp³-hybridized carbons (Fsp3) is 0.300. The van der Waals surface area contributed by atoms with Crippen molar-refractivity contribution in [1.29, 1.82) is 0 Å². The minimum Gasteiger partial charge on any atom is -0.313 e. The molecular formula is C20H20ClFN4O3S. The van der Waals surface area contributed by atoms with Crippen LogP contribution in [0, 0.1) is 11.7 Å². The number of carbonyl (C=O) groups excluding carboxylic acids is 1. The van der Waals surface area contributed by atoms with Gasteiger partial charge in [0.05, 0.1) is 21.8 Å². The van der Waals surface area contributed by atoms with Gasteiger partial charge in [-0.05, 0) is 55.3 Å². The molecule has 1 amide bonds. The first-order valence-electron chi connectivity index (χ1n) is 9.44. The van der Waals surface area contributed by atoms with Crippen LogP contribution in [0.1, 0.15) is 12.8 Å². The molecule has 0 aliphatic carbocycles. The Morgan fingerprint density at radius 3 is 2.70 bits per heavy atom. The second-order valence-corrected chi connectivity index (χ2v) is 9.65. The molecule has 1 atom stereocenters. The molecule has 1 aliphatic rings. The Morgan fingerprint density at radius 1 is 1.23 bits per heavy atom. The third-order valence-electron chi connectivity index (χ3n) is 5.28. The van der Waals surface area contributed by atoms with Crippen LogP contribution in [0.3, 0.4) is 0 Å². The predicted octanol–water partition coefficient (Wildman–Crippen LogP) is 3.41. The molecule has 0 saturated carbocycles. The number of carbonyl (C=O) groups is 1. The number of nitrogens with one attached hydrogen (secondary N) is 1. The van der Waals surface area contributed by atoms with Crippen molar-refractivity contribution in [2.75, 3.05) is 18.4 Å². The van der Waals surface area contributed by atoms with Crippen LogP contribution in [-0.4, -0.2) is 41.3 Å². The summed E-state index contributed by atoms with van der Waals surface area (Å²) in [5.41, 5.74) is 1.48. The van der Waals surface area contributed by atoms with Gasteiger partial charge in [0.2, 0.25) is 21.9 Å². The topological polar surface area (TPSA) is 84.3 Å². The smallest absolute Gasteiger partial charge is 0.243 e. The van der Waals surface area contributed by atoms with Crippen LogP contribution in [0.15, 0.2) is 47.4 Å². The summed E-state index contributed by atoms with van der Waals surface area (Å²) in [6.07, 6.45) is 1.12. The second-order valence-electron chi connectivity index (χ2n) is 7.27. The SMILES string of the molecule is Cn1c(NC(=O)C2CCCN(S(=O)(=O)c3ccc(F)cc3)C2)nc2cc(Cl)ccc21. The molecule has 1 fully saturated rings. The highest BCUT2D eigenvalue weighted by Crippen LogP contribution is 2.26. The van der Waals surface area contributed by atoms with E-state index in [9.17, 15) is 17.6 Å². The lowest BCUT2D eigenvalue weighted by Gasteiger charge is -2.31. The number of sulfonamides is 1. The number of hydrogen-bond acceptors (Lipinski definition) is 4. The van der Waals surface area contributed by atoms with Crippen molar-refractivity contribution >= 4 is 44.5 Å². The van der Waals surface area contributed by atoms with E-state index in [1.165, 1.54) is 16.4 Å². The van der Waals surface area contributed by atoms with Gasteiger partial charge in [0.25, 0.3) is 0 Å². The summed E-state index contributed by atoms with van der Waals surface area (Å²) in [4.78, 5) is 17.3. The summed E-state index contributed by atoms with van der Waals surface area (Å²) in [5.74, 6) is -0.944. The number of aryl methyl sites for hydroxylation is 1. The number of piperidine rings is 1. The zero-order valence-corrected chi connectivity index (χ0v) is 17.8. The number of halogens is 2. The lowest BCUT2D eigenvalue weighted by Crippen LogP contribution is -2.43. The lowest BCUT2D eigenvalue weighted by molar-refractivity contribution is -0.120. The molecule has 1 saturated heterocycles.